The van der Waals surface area contributed by atoms with E-state index in [1.165, 1.54) is 6.08 Å². The van der Waals surface area contributed by atoms with E-state index in [0.717, 1.165) is 32.7 Å². The summed E-state index contributed by atoms with van der Waals surface area (Å²) in [5.41, 5.74) is 3.97. The summed E-state index contributed by atoms with van der Waals surface area (Å²) in [7, 11) is 0. The minimum absolute atomic E-state index is 0.378. The van der Waals surface area contributed by atoms with Crippen molar-refractivity contribution >= 4 is 45.9 Å². The number of thiazole rings is 1. The van der Waals surface area contributed by atoms with Gasteiger partial charge in [-0.3, -0.25) is 9.78 Å². The Bertz CT molecular complexity index is 1270. The maximum absolute atomic E-state index is 12.2. The molecule has 7 heteroatoms. The molecule has 0 atom stereocenters. The number of nitrogens with zero attached hydrogens (tertiary/aromatic N) is 2. The Morgan fingerprint density at radius 3 is 2.81 bits per heavy atom. The van der Waals surface area contributed by atoms with Gasteiger partial charge >= 0.3 is 5.97 Å². The third-order valence-electron chi connectivity index (χ3n) is 4.47. The molecule has 2 aromatic heterocycles. The Balaban J connectivity index is 1.33. The van der Waals surface area contributed by atoms with Gasteiger partial charge in [0.25, 0.3) is 5.91 Å². The first-order valence-corrected chi connectivity index (χ1v) is 10.5. The number of fused-ring (bicyclic) bond motifs is 1. The van der Waals surface area contributed by atoms with Gasteiger partial charge in [-0.25, -0.2) is 9.78 Å². The molecule has 2 aromatic carbocycles. The summed E-state index contributed by atoms with van der Waals surface area (Å²) >= 11 is 1.57. The molecule has 154 valence electrons. The highest BCUT2D eigenvalue weighted by Gasteiger charge is 2.08. The number of ether oxygens (including phenoxy) is 1. The van der Waals surface area contributed by atoms with Gasteiger partial charge in [-0.2, -0.15) is 0 Å². The molecule has 0 bridgehead atoms. The number of aryl methyl sites for hydroxylation is 1. The molecule has 0 saturated carbocycles. The minimum Gasteiger partial charge on any atom is -0.452 e. The third-order valence-corrected chi connectivity index (χ3v) is 5.24. The number of hydrogen-bond acceptors (Lipinski definition) is 6. The van der Waals surface area contributed by atoms with Gasteiger partial charge in [0.2, 0.25) is 0 Å². The van der Waals surface area contributed by atoms with E-state index in [4.69, 9.17) is 4.74 Å². The van der Waals surface area contributed by atoms with Crippen LogP contribution >= 0.6 is 11.3 Å². The molecule has 2 heterocycles. The monoisotopic (exact) mass is 429 g/mol. The van der Waals surface area contributed by atoms with Crippen LogP contribution in [0.25, 0.3) is 28.2 Å². The van der Waals surface area contributed by atoms with Crippen LogP contribution in [-0.2, 0) is 14.3 Å². The van der Waals surface area contributed by atoms with Crippen LogP contribution in [0.5, 0.6) is 0 Å². The second kappa shape index (κ2) is 9.32. The number of amides is 1. The topological polar surface area (TPSA) is 81.2 Å². The van der Waals surface area contributed by atoms with Crippen LogP contribution in [0.15, 0.2) is 72.3 Å². The van der Waals surface area contributed by atoms with Crippen molar-refractivity contribution in [3.05, 3.63) is 82.8 Å². The van der Waals surface area contributed by atoms with Crippen molar-refractivity contribution in [3.8, 4) is 11.3 Å². The predicted molar refractivity (Wildman–Crippen MR) is 123 cm³/mol. The van der Waals surface area contributed by atoms with Crippen LogP contribution in [0.2, 0.25) is 0 Å². The summed E-state index contributed by atoms with van der Waals surface area (Å²) in [6.07, 6.45) is 4.63. The molecule has 0 fully saturated rings. The van der Waals surface area contributed by atoms with Crippen LogP contribution in [0.1, 0.15) is 10.6 Å². The molecule has 0 spiro atoms. The number of carbonyl (C=O) groups is 2. The normalized spacial score (nSPS) is 11.0. The molecule has 0 radical (unpaired) electrons. The first kappa shape index (κ1) is 20.4. The number of pyridine rings is 1. The van der Waals surface area contributed by atoms with Gasteiger partial charge in [0, 0.05) is 39.9 Å². The van der Waals surface area contributed by atoms with E-state index in [9.17, 15) is 9.59 Å². The molecule has 1 N–H and O–H groups in total. The van der Waals surface area contributed by atoms with E-state index >= 15 is 0 Å². The number of esters is 1. The Hall–Kier alpha value is -3.84. The Morgan fingerprint density at radius 1 is 1.13 bits per heavy atom. The summed E-state index contributed by atoms with van der Waals surface area (Å²) in [6.45, 7) is 1.57. The van der Waals surface area contributed by atoms with Crippen LogP contribution < -0.4 is 5.32 Å². The van der Waals surface area contributed by atoms with E-state index < -0.39 is 11.9 Å². The van der Waals surface area contributed by atoms with Gasteiger partial charge in [0.1, 0.15) is 0 Å². The molecular weight excluding hydrogens is 410 g/mol. The molecule has 1 amide bonds. The Labute approximate surface area is 183 Å². The molecule has 0 unspecified atom stereocenters. The van der Waals surface area contributed by atoms with E-state index in [-0.39, 0.29) is 6.61 Å². The van der Waals surface area contributed by atoms with Crippen molar-refractivity contribution in [2.75, 3.05) is 11.9 Å². The summed E-state index contributed by atoms with van der Waals surface area (Å²) in [6, 6.07) is 16.9. The Kier molecular flexibility index (Phi) is 6.14. The van der Waals surface area contributed by atoms with Crippen molar-refractivity contribution in [1.29, 1.82) is 0 Å². The lowest BCUT2D eigenvalue weighted by molar-refractivity contribution is -0.142. The SMILES string of the molecule is Cc1nc(-c2cccc(NC(=O)COC(=O)/C=C/c3cccc4cccnc34)c2)cs1. The number of para-hydroxylation sites is 1. The average Bonchev–Trinajstić information content (AvgIpc) is 3.23. The van der Waals surface area contributed by atoms with Crippen LogP contribution in [0, 0.1) is 6.92 Å². The molecule has 6 nitrogen and oxygen atoms in total. The number of hydrogen-bond donors (Lipinski definition) is 1. The predicted octanol–water partition coefficient (Wildman–Crippen LogP) is 4.86. The van der Waals surface area contributed by atoms with Gasteiger partial charge in [0.15, 0.2) is 6.61 Å². The van der Waals surface area contributed by atoms with E-state index in [1.54, 1.807) is 29.7 Å². The van der Waals surface area contributed by atoms with Crippen molar-refractivity contribution in [2.45, 2.75) is 6.92 Å². The minimum atomic E-state index is -0.602. The van der Waals surface area contributed by atoms with Gasteiger partial charge in [-0.15, -0.1) is 11.3 Å². The zero-order valence-electron chi connectivity index (χ0n) is 16.7. The largest absolute Gasteiger partial charge is 0.452 e. The fourth-order valence-corrected chi connectivity index (χ4v) is 3.68. The van der Waals surface area contributed by atoms with E-state index in [0.29, 0.717) is 5.69 Å². The second-order valence-corrected chi connectivity index (χ2v) is 7.81. The number of carbonyl (C=O) groups excluding carboxylic acids is 2. The highest BCUT2D eigenvalue weighted by molar-refractivity contribution is 7.09. The number of nitrogens with one attached hydrogen (secondary N) is 1. The lowest BCUT2D eigenvalue weighted by Crippen LogP contribution is -2.20. The maximum Gasteiger partial charge on any atom is 0.331 e. The zero-order valence-corrected chi connectivity index (χ0v) is 17.6. The molecule has 0 saturated heterocycles. The molecule has 0 aliphatic carbocycles. The number of aromatic nitrogens is 2. The van der Waals surface area contributed by atoms with Gasteiger partial charge in [-0.05, 0) is 31.2 Å². The van der Waals surface area contributed by atoms with Gasteiger partial charge in [-0.1, -0.05) is 36.4 Å². The van der Waals surface area contributed by atoms with Crippen molar-refractivity contribution in [3.63, 3.8) is 0 Å². The van der Waals surface area contributed by atoms with Crippen LogP contribution in [-0.4, -0.2) is 28.5 Å². The summed E-state index contributed by atoms with van der Waals surface area (Å²) in [4.78, 5) is 33.0. The third kappa shape index (κ3) is 5.21. The number of benzene rings is 2. The Morgan fingerprint density at radius 2 is 1.97 bits per heavy atom. The summed E-state index contributed by atoms with van der Waals surface area (Å²) in [5.74, 6) is -1.02. The quantitative estimate of drug-likeness (QED) is 0.350. The first-order chi connectivity index (χ1) is 15.1. The summed E-state index contributed by atoms with van der Waals surface area (Å²) < 4.78 is 5.06. The van der Waals surface area contributed by atoms with Crippen molar-refractivity contribution in [2.24, 2.45) is 0 Å². The lowest BCUT2D eigenvalue weighted by atomic mass is 10.1. The first-order valence-electron chi connectivity index (χ1n) is 9.59. The van der Waals surface area contributed by atoms with Crippen molar-refractivity contribution in [1.82, 2.24) is 9.97 Å². The molecule has 0 aliphatic rings. The standard InChI is InChI=1S/C24H19N3O3S/c1-16-26-21(15-31-16)19-7-3-9-20(13-19)27-22(28)14-30-23(29)11-10-18-6-2-5-17-8-4-12-25-24(17)18/h2-13,15H,14H2,1H3,(H,27,28)/b11-10+. The molecule has 4 rings (SSSR count). The fourth-order valence-electron chi connectivity index (χ4n) is 3.05. The molecule has 4 aromatic rings. The smallest absolute Gasteiger partial charge is 0.331 e. The molecule has 31 heavy (non-hydrogen) atoms. The number of anilines is 1. The molecule has 0 aliphatic heterocycles. The van der Waals surface area contributed by atoms with Gasteiger partial charge < -0.3 is 10.1 Å². The van der Waals surface area contributed by atoms with E-state index in [1.807, 2.05) is 60.8 Å². The maximum atomic E-state index is 12.2. The highest BCUT2D eigenvalue weighted by atomic mass is 32.1. The fraction of sp³-hybridized carbons (Fsp3) is 0.0833. The average molecular weight is 430 g/mol. The zero-order chi connectivity index (χ0) is 21.6. The number of rotatable bonds is 6. The van der Waals surface area contributed by atoms with Crippen LogP contribution in [0.3, 0.4) is 0 Å². The highest BCUT2D eigenvalue weighted by Crippen LogP contribution is 2.24. The second-order valence-electron chi connectivity index (χ2n) is 6.74. The summed E-state index contributed by atoms with van der Waals surface area (Å²) in [5, 5.41) is 6.66. The lowest BCUT2D eigenvalue weighted by Gasteiger charge is -2.07. The van der Waals surface area contributed by atoms with Crippen molar-refractivity contribution < 1.29 is 14.3 Å². The van der Waals surface area contributed by atoms with E-state index in [2.05, 4.69) is 15.3 Å². The van der Waals surface area contributed by atoms with Crippen LogP contribution in [0.4, 0.5) is 5.69 Å². The molecular formula is C24H19N3O3S. The van der Waals surface area contributed by atoms with Gasteiger partial charge in [0.05, 0.1) is 16.2 Å².